The molecular formula is C15H15BrN2O2. The third-order valence-corrected chi connectivity index (χ3v) is 3.68. The maximum absolute atomic E-state index is 11.2. The first-order valence-corrected chi connectivity index (χ1v) is 6.86. The monoisotopic (exact) mass is 334 g/mol. The predicted octanol–water partition coefficient (Wildman–Crippen LogP) is 3.17. The molecule has 0 radical (unpaired) electrons. The molecule has 0 fully saturated rings. The van der Waals surface area contributed by atoms with Crippen LogP contribution < -0.4 is 15.8 Å². The lowest BCUT2D eigenvalue weighted by Gasteiger charge is -2.13. The van der Waals surface area contributed by atoms with Crippen LogP contribution in [0.15, 0.2) is 46.9 Å². The number of hydrogen-bond donors (Lipinski definition) is 2. The van der Waals surface area contributed by atoms with Crippen LogP contribution in [0, 0.1) is 0 Å². The van der Waals surface area contributed by atoms with Gasteiger partial charge in [0, 0.05) is 16.6 Å². The molecule has 104 valence electrons. The van der Waals surface area contributed by atoms with Crippen LogP contribution in [0.3, 0.4) is 0 Å². The fraction of sp³-hybridized carbons (Fsp3) is 0.133. The van der Waals surface area contributed by atoms with Crippen LogP contribution in [0.4, 0.5) is 5.69 Å². The molecule has 2 rings (SSSR count). The Labute approximate surface area is 126 Å². The normalized spacial score (nSPS) is 10.1. The van der Waals surface area contributed by atoms with Crippen molar-refractivity contribution in [1.29, 1.82) is 0 Å². The fourth-order valence-electron chi connectivity index (χ4n) is 1.83. The summed E-state index contributed by atoms with van der Waals surface area (Å²) in [6.45, 7) is 0.611. The summed E-state index contributed by atoms with van der Waals surface area (Å²) < 4.78 is 6.30. The third-order valence-electron chi connectivity index (χ3n) is 2.91. The molecule has 2 aromatic carbocycles. The summed E-state index contributed by atoms with van der Waals surface area (Å²) in [6, 6.07) is 13.0. The van der Waals surface area contributed by atoms with E-state index < -0.39 is 5.91 Å². The Morgan fingerprint density at radius 1 is 1.30 bits per heavy atom. The van der Waals surface area contributed by atoms with Crippen molar-refractivity contribution in [2.45, 2.75) is 6.54 Å². The summed E-state index contributed by atoms with van der Waals surface area (Å²) in [4.78, 5) is 11.2. The van der Waals surface area contributed by atoms with Gasteiger partial charge < -0.3 is 15.8 Å². The Morgan fingerprint density at radius 3 is 2.70 bits per heavy atom. The van der Waals surface area contributed by atoms with Gasteiger partial charge >= 0.3 is 0 Å². The first kappa shape index (κ1) is 14.4. The molecule has 0 heterocycles. The van der Waals surface area contributed by atoms with Gasteiger partial charge in [0.15, 0.2) is 0 Å². The maximum atomic E-state index is 11.2. The SMILES string of the molecule is COc1ccc(C(N)=O)cc1NCc1ccccc1Br. The standard InChI is InChI=1S/C15H15BrN2O2/c1-20-14-7-6-10(15(17)19)8-13(14)18-9-11-4-2-3-5-12(11)16/h2-8,18H,9H2,1H3,(H2,17,19). The number of halogens is 1. The van der Waals surface area contributed by atoms with Crippen molar-refractivity contribution in [2.24, 2.45) is 5.73 Å². The van der Waals surface area contributed by atoms with Gasteiger partial charge in [-0.1, -0.05) is 34.1 Å². The number of benzene rings is 2. The van der Waals surface area contributed by atoms with Crippen molar-refractivity contribution in [3.05, 3.63) is 58.1 Å². The number of amides is 1. The molecular weight excluding hydrogens is 320 g/mol. The summed E-state index contributed by atoms with van der Waals surface area (Å²) in [7, 11) is 1.59. The Morgan fingerprint density at radius 2 is 2.05 bits per heavy atom. The molecule has 0 saturated heterocycles. The Hall–Kier alpha value is -2.01. The van der Waals surface area contributed by atoms with Gasteiger partial charge in [0.05, 0.1) is 12.8 Å². The molecule has 5 heteroatoms. The van der Waals surface area contributed by atoms with Crippen molar-refractivity contribution >= 4 is 27.5 Å². The molecule has 0 saturated carbocycles. The molecule has 0 aromatic heterocycles. The smallest absolute Gasteiger partial charge is 0.248 e. The highest BCUT2D eigenvalue weighted by molar-refractivity contribution is 9.10. The number of primary amides is 1. The van der Waals surface area contributed by atoms with Crippen molar-refractivity contribution in [3.8, 4) is 5.75 Å². The van der Waals surface area contributed by atoms with Crippen LogP contribution in [-0.4, -0.2) is 13.0 Å². The quantitative estimate of drug-likeness (QED) is 0.882. The van der Waals surface area contributed by atoms with Gasteiger partial charge in [0.25, 0.3) is 0 Å². The minimum atomic E-state index is -0.461. The largest absolute Gasteiger partial charge is 0.495 e. The van der Waals surface area contributed by atoms with Gasteiger partial charge in [-0.25, -0.2) is 0 Å². The summed E-state index contributed by atoms with van der Waals surface area (Å²) in [5.41, 5.74) is 7.58. The highest BCUT2D eigenvalue weighted by Gasteiger charge is 2.08. The Kier molecular flexibility index (Phi) is 4.63. The Bertz CT molecular complexity index is 629. The van der Waals surface area contributed by atoms with Crippen molar-refractivity contribution < 1.29 is 9.53 Å². The summed E-state index contributed by atoms with van der Waals surface area (Å²) in [6.07, 6.45) is 0. The summed E-state index contributed by atoms with van der Waals surface area (Å²) in [5, 5.41) is 3.25. The van der Waals surface area contributed by atoms with Gasteiger partial charge in [-0.3, -0.25) is 4.79 Å². The van der Waals surface area contributed by atoms with Gasteiger partial charge in [0.2, 0.25) is 5.91 Å². The average molecular weight is 335 g/mol. The molecule has 3 N–H and O–H groups in total. The zero-order chi connectivity index (χ0) is 14.5. The van der Waals surface area contributed by atoms with E-state index >= 15 is 0 Å². The molecule has 1 amide bonds. The first-order chi connectivity index (χ1) is 9.61. The number of carbonyl (C=O) groups is 1. The van der Waals surface area contributed by atoms with Crippen LogP contribution in [0.1, 0.15) is 15.9 Å². The molecule has 0 spiro atoms. The number of ether oxygens (including phenoxy) is 1. The lowest BCUT2D eigenvalue weighted by Crippen LogP contribution is -2.12. The number of methoxy groups -OCH3 is 1. The van der Waals surface area contributed by atoms with Gasteiger partial charge in [-0.2, -0.15) is 0 Å². The number of nitrogens with one attached hydrogen (secondary N) is 1. The van der Waals surface area contributed by atoms with Gasteiger partial charge in [-0.05, 0) is 29.8 Å². The second-order valence-electron chi connectivity index (χ2n) is 4.22. The first-order valence-electron chi connectivity index (χ1n) is 6.07. The highest BCUT2D eigenvalue weighted by Crippen LogP contribution is 2.26. The van der Waals surface area contributed by atoms with Crippen LogP contribution in [-0.2, 0) is 6.54 Å². The van der Waals surface area contributed by atoms with Crippen LogP contribution in [0.25, 0.3) is 0 Å². The summed E-state index contributed by atoms with van der Waals surface area (Å²) in [5.74, 6) is 0.207. The molecule has 0 bridgehead atoms. The average Bonchev–Trinajstić information content (AvgIpc) is 2.46. The molecule has 2 aromatic rings. The van der Waals surface area contributed by atoms with E-state index in [1.54, 1.807) is 25.3 Å². The van der Waals surface area contributed by atoms with E-state index in [0.717, 1.165) is 15.7 Å². The molecule has 0 aliphatic carbocycles. The van der Waals surface area contributed by atoms with E-state index in [9.17, 15) is 4.79 Å². The van der Waals surface area contributed by atoms with Crippen LogP contribution >= 0.6 is 15.9 Å². The van der Waals surface area contributed by atoms with Crippen molar-refractivity contribution in [2.75, 3.05) is 12.4 Å². The van der Waals surface area contributed by atoms with Crippen molar-refractivity contribution in [1.82, 2.24) is 0 Å². The highest BCUT2D eigenvalue weighted by atomic mass is 79.9. The Balaban J connectivity index is 2.22. The van der Waals surface area contributed by atoms with Crippen LogP contribution in [0.2, 0.25) is 0 Å². The van der Waals surface area contributed by atoms with E-state index in [1.807, 2.05) is 24.3 Å². The summed E-state index contributed by atoms with van der Waals surface area (Å²) >= 11 is 3.50. The molecule has 0 atom stereocenters. The van der Waals surface area contributed by atoms with Crippen molar-refractivity contribution in [3.63, 3.8) is 0 Å². The number of anilines is 1. The second-order valence-corrected chi connectivity index (χ2v) is 5.08. The maximum Gasteiger partial charge on any atom is 0.248 e. The van der Waals surface area contributed by atoms with E-state index in [4.69, 9.17) is 10.5 Å². The molecule has 0 unspecified atom stereocenters. The number of carbonyl (C=O) groups excluding carboxylic acids is 1. The van der Waals surface area contributed by atoms with E-state index in [2.05, 4.69) is 21.2 Å². The predicted molar refractivity (Wildman–Crippen MR) is 83.0 cm³/mol. The molecule has 20 heavy (non-hydrogen) atoms. The number of nitrogens with two attached hydrogens (primary N) is 1. The van der Waals surface area contributed by atoms with Crippen LogP contribution in [0.5, 0.6) is 5.75 Å². The number of hydrogen-bond acceptors (Lipinski definition) is 3. The fourth-order valence-corrected chi connectivity index (χ4v) is 2.26. The molecule has 0 aliphatic heterocycles. The zero-order valence-electron chi connectivity index (χ0n) is 11.0. The molecule has 0 aliphatic rings. The number of rotatable bonds is 5. The minimum Gasteiger partial charge on any atom is -0.495 e. The lowest BCUT2D eigenvalue weighted by atomic mass is 10.1. The molecule has 4 nitrogen and oxygen atoms in total. The minimum absolute atomic E-state index is 0.445. The van der Waals surface area contributed by atoms with Gasteiger partial charge in [-0.15, -0.1) is 0 Å². The topological polar surface area (TPSA) is 64.3 Å². The third kappa shape index (κ3) is 3.30. The van der Waals surface area contributed by atoms with E-state index in [0.29, 0.717) is 17.9 Å². The lowest BCUT2D eigenvalue weighted by molar-refractivity contribution is 0.100. The van der Waals surface area contributed by atoms with E-state index in [-0.39, 0.29) is 0 Å². The zero-order valence-corrected chi connectivity index (χ0v) is 12.6. The van der Waals surface area contributed by atoms with Gasteiger partial charge in [0.1, 0.15) is 5.75 Å². The second kappa shape index (κ2) is 6.43. The van der Waals surface area contributed by atoms with E-state index in [1.165, 1.54) is 0 Å².